The van der Waals surface area contributed by atoms with E-state index in [9.17, 15) is 8.42 Å². The molecule has 5 heteroatoms. The Morgan fingerprint density at radius 2 is 1.80 bits per heavy atom. The number of benzene rings is 1. The van der Waals surface area contributed by atoms with E-state index in [0.717, 1.165) is 18.4 Å². The molecule has 1 rings (SSSR count). The third kappa shape index (κ3) is 4.76. The third-order valence-electron chi connectivity index (χ3n) is 3.63. The highest BCUT2D eigenvalue weighted by Crippen LogP contribution is 2.22. The van der Waals surface area contributed by atoms with Gasteiger partial charge in [-0.1, -0.05) is 37.1 Å². The quantitative estimate of drug-likeness (QED) is 0.836. The lowest BCUT2D eigenvalue weighted by Gasteiger charge is -2.27. The molecule has 0 amide bonds. The molecule has 114 valence electrons. The molecule has 0 spiro atoms. The molecule has 0 heterocycles. The summed E-state index contributed by atoms with van der Waals surface area (Å²) in [7, 11) is -3.09. The van der Waals surface area contributed by atoms with Gasteiger partial charge in [-0.05, 0) is 38.0 Å². The summed E-state index contributed by atoms with van der Waals surface area (Å²) in [6.07, 6.45) is 3.27. The summed E-state index contributed by atoms with van der Waals surface area (Å²) in [5.41, 5.74) is 1.14. The Kier molecular flexibility index (Phi) is 6.05. The fourth-order valence-electron chi connectivity index (χ4n) is 1.87. The van der Waals surface area contributed by atoms with Crippen molar-refractivity contribution >= 4 is 21.4 Å². The average Bonchev–Trinajstić information content (AvgIpc) is 2.34. The van der Waals surface area contributed by atoms with Gasteiger partial charge in [0, 0.05) is 23.9 Å². The molecule has 0 fully saturated rings. The molecular formula is C15H24ClNO2S. The molecular weight excluding hydrogens is 294 g/mol. The predicted molar refractivity (Wildman–Crippen MR) is 86.0 cm³/mol. The maximum Gasteiger partial charge on any atom is 0.153 e. The van der Waals surface area contributed by atoms with Crippen LogP contribution in [0.2, 0.25) is 5.02 Å². The molecule has 0 saturated carbocycles. The lowest BCUT2D eigenvalue weighted by atomic mass is 10.0. The highest BCUT2D eigenvalue weighted by Gasteiger charge is 2.30. The second-order valence-corrected chi connectivity index (χ2v) is 8.89. The van der Waals surface area contributed by atoms with Crippen molar-refractivity contribution in [1.82, 2.24) is 5.32 Å². The highest BCUT2D eigenvalue weighted by atomic mass is 35.5. The molecule has 0 aromatic heterocycles. The van der Waals surface area contributed by atoms with Crippen molar-refractivity contribution in [3.05, 3.63) is 34.9 Å². The van der Waals surface area contributed by atoms with Crippen LogP contribution in [0, 0.1) is 0 Å². The lowest BCUT2D eigenvalue weighted by Crippen LogP contribution is -2.42. The summed E-state index contributed by atoms with van der Waals surface area (Å²) in [5.74, 6) is 0. The van der Waals surface area contributed by atoms with Crippen molar-refractivity contribution in [2.24, 2.45) is 0 Å². The molecule has 20 heavy (non-hydrogen) atoms. The van der Waals surface area contributed by atoms with Gasteiger partial charge in [-0.2, -0.15) is 0 Å². The van der Waals surface area contributed by atoms with E-state index in [4.69, 9.17) is 11.6 Å². The summed E-state index contributed by atoms with van der Waals surface area (Å²) in [6.45, 7) is 6.05. The molecule has 1 aromatic carbocycles. The Balaban J connectivity index is 2.81. The molecule has 3 nitrogen and oxygen atoms in total. The van der Waals surface area contributed by atoms with Crippen LogP contribution in [0.5, 0.6) is 0 Å². The number of halogens is 1. The van der Waals surface area contributed by atoms with Crippen LogP contribution in [-0.4, -0.2) is 26.0 Å². The van der Waals surface area contributed by atoms with E-state index >= 15 is 0 Å². The Morgan fingerprint density at radius 1 is 1.25 bits per heavy atom. The fourth-order valence-corrected chi connectivity index (χ4v) is 2.34. The van der Waals surface area contributed by atoms with Crippen molar-refractivity contribution in [1.29, 1.82) is 0 Å². The van der Waals surface area contributed by atoms with E-state index in [-0.39, 0.29) is 6.04 Å². The van der Waals surface area contributed by atoms with Crippen molar-refractivity contribution < 1.29 is 8.42 Å². The summed E-state index contributed by atoms with van der Waals surface area (Å²) < 4.78 is 22.7. The zero-order valence-electron chi connectivity index (χ0n) is 12.6. The van der Waals surface area contributed by atoms with Crippen molar-refractivity contribution in [3.63, 3.8) is 0 Å². The summed E-state index contributed by atoms with van der Waals surface area (Å²) in [5, 5.41) is 4.09. The second kappa shape index (κ2) is 6.92. The molecule has 1 aromatic rings. The third-order valence-corrected chi connectivity index (χ3v) is 6.03. The molecule has 0 saturated heterocycles. The van der Waals surface area contributed by atoms with Gasteiger partial charge < -0.3 is 5.32 Å². The number of nitrogens with one attached hydrogen (secondary N) is 1. The van der Waals surface area contributed by atoms with Crippen LogP contribution in [-0.2, 0) is 9.84 Å². The Labute approximate surface area is 127 Å². The molecule has 0 radical (unpaired) electrons. The van der Waals surface area contributed by atoms with E-state index in [2.05, 4.69) is 12.2 Å². The maximum absolute atomic E-state index is 11.7. The first kappa shape index (κ1) is 17.5. The number of hydrogen-bond acceptors (Lipinski definition) is 3. The van der Waals surface area contributed by atoms with Gasteiger partial charge in [0.1, 0.15) is 0 Å². The van der Waals surface area contributed by atoms with Gasteiger partial charge in [0.2, 0.25) is 0 Å². The SMILES string of the molecule is CCCC(NCC(C)(C)S(C)(=O)=O)c1ccc(Cl)cc1. The van der Waals surface area contributed by atoms with Crippen molar-refractivity contribution in [2.75, 3.05) is 12.8 Å². The van der Waals surface area contributed by atoms with E-state index < -0.39 is 14.6 Å². The lowest BCUT2D eigenvalue weighted by molar-refractivity contribution is 0.450. The second-order valence-electron chi connectivity index (χ2n) is 5.81. The van der Waals surface area contributed by atoms with Crippen LogP contribution in [0.3, 0.4) is 0 Å². The Bertz CT molecular complexity index is 523. The number of sulfone groups is 1. The largest absolute Gasteiger partial charge is 0.308 e. The summed E-state index contributed by atoms with van der Waals surface area (Å²) in [6, 6.07) is 7.86. The molecule has 0 bridgehead atoms. The predicted octanol–water partition coefficient (Wildman–Crippen LogP) is 3.59. The van der Waals surface area contributed by atoms with Crippen molar-refractivity contribution in [3.8, 4) is 0 Å². The minimum absolute atomic E-state index is 0.151. The number of hydrogen-bond donors (Lipinski definition) is 1. The van der Waals surface area contributed by atoms with Crippen LogP contribution in [0.25, 0.3) is 0 Å². The van der Waals surface area contributed by atoms with Crippen LogP contribution < -0.4 is 5.32 Å². The average molecular weight is 318 g/mol. The topological polar surface area (TPSA) is 46.2 Å². The molecule has 0 aliphatic carbocycles. The first-order chi connectivity index (χ1) is 9.17. The van der Waals surface area contributed by atoms with E-state index in [1.807, 2.05) is 24.3 Å². The fraction of sp³-hybridized carbons (Fsp3) is 0.600. The minimum Gasteiger partial charge on any atom is -0.308 e. The summed E-state index contributed by atoms with van der Waals surface area (Å²) in [4.78, 5) is 0. The van der Waals surface area contributed by atoms with Gasteiger partial charge in [-0.15, -0.1) is 0 Å². The van der Waals surface area contributed by atoms with Crippen LogP contribution in [0.4, 0.5) is 0 Å². The van der Waals surface area contributed by atoms with Crippen LogP contribution in [0.15, 0.2) is 24.3 Å². The van der Waals surface area contributed by atoms with Gasteiger partial charge in [0.15, 0.2) is 9.84 Å². The molecule has 0 aliphatic heterocycles. The van der Waals surface area contributed by atoms with Crippen LogP contribution in [0.1, 0.15) is 45.2 Å². The molecule has 0 aliphatic rings. The van der Waals surface area contributed by atoms with Crippen molar-refractivity contribution in [2.45, 2.75) is 44.4 Å². The Hall–Kier alpha value is -0.580. The van der Waals surface area contributed by atoms with E-state index in [1.165, 1.54) is 6.26 Å². The highest BCUT2D eigenvalue weighted by molar-refractivity contribution is 7.92. The summed E-state index contributed by atoms with van der Waals surface area (Å²) >= 11 is 5.90. The normalized spacial score (nSPS) is 14.2. The number of rotatable bonds is 7. The van der Waals surface area contributed by atoms with Crippen LogP contribution >= 0.6 is 11.6 Å². The maximum atomic E-state index is 11.7. The van der Waals surface area contributed by atoms with E-state index in [1.54, 1.807) is 13.8 Å². The zero-order chi connectivity index (χ0) is 15.4. The van der Waals surface area contributed by atoms with Gasteiger partial charge in [-0.25, -0.2) is 8.42 Å². The van der Waals surface area contributed by atoms with Gasteiger partial charge >= 0.3 is 0 Å². The first-order valence-corrected chi connectivity index (χ1v) is 9.13. The zero-order valence-corrected chi connectivity index (χ0v) is 14.2. The van der Waals surface area contributed by atoms with Gasteiger partial charge in [0.25, 0.3) is 0 Å². The minimum atomic E-state index is -3.09. The van der Waals surface area contributed by atoms with Gasteiger partial charge in [-0.3, -0.25) is 0 Å². The smallest absolute Gasteiger partial charge is 0.153 e. The molecule has 1 N–H and O–H groups in total. The molecule has 1 unspecified atom stereocenters. The van der Waals surface area contributed by atoms with E-state index in [0.29, 0.717) is 11.6 Å². The Morgan fingerprint density at radius 3 is 2.25 bits per heavy atom. The monoisotopic (exact) mass is 317 g/mol. The standard InChI is InChI=1S/C15H24ClNO2S/c1-5-6-14(12-7-9-13(16)10-8-12)17-11-15(2,3)20(4,18)19/h7-10,14,17H,5-6,11H2,1-4H3. The molecule has 1 atom stereocenters. The van der Waals surface area contributed by atoms with Gasteiger partial charge in [0.05, 0.1) is 4.75 Å². The first-order valence-electron chi connectivity index (χ1n) is 6.86.